The Morgan fingerprint density at radius 3 is 1.20 bits per heavy atom. The van der Waals surface area contributed by atoms with E-state index in [4.69, 9.17) is 0 Å². The van der Waals surface area contributed by atoms with E-state index in [0.29, 0.717) is 9.90 Å². The molecule has 2 unspecified atom stereocenters. The molecule has 0 amide bonds. The minimum Gasteiger partial charge on any atom is -0.320 e. The summed E-state index contributed by atoms with van der Waals surface area (Å²) in [6.45, 7) is 0. The van der Waals surface area contributed by atoms with Crippen molar-refractivity contribution in [3.63, 3.8) is 0 Å². The zero-order valence-corrected chi connectivity index (χ0v) is 14.1. The summed E-state index contributed by atoms with van der Waals surface area (Å²) in [4.78, 5) is 1.12. The van der Waals surface area contributed by atoms with Crippen LogP contribution >= 0.6 is 31.9 Å². The molecule has 0 fully saturated rings. The maximum absolute atomic E-state index is 3.75. The number of rotatable bonds is 6. The van der Waals surface area contributed by atoms with E-state index in [0.717, 1.165) is 8.97 Å². The maximum Gasteiger partial charge on any atom is 0.143 e. The van der Waals surface area contributed by atoms with Crippen LogP contribution in [0, 0.1) is 0 Å². The summed E-state index contributed by atoms with van der Waals surface area (Å²) < 4.78 is 1.97. The summed E-state index contributed by atoms with van der Waals surface area (Å²) in [7, 11) is 13.4. The third-order valence-electron chi connectivity index (χ3n) is 2.57. The molecule has 0 aromatic heterocycles. The van der Waals surface area contributed by atoms with Gasteiger partial charge in [-0.05, 0) is 38.3 Å². The third kappa shape index (κ3) is 6.93. The molecule has 0 spiro atoms. The van der Waals surface area contributed by atoms with Crippen LogP contribution in [0.2, 0.25) is 0 Å². The Balaban J connectivity index is 3.81. The van der Waals surface area contributed by atoms with E-state index in [2.05, 4.69) is 74.1 Å². The van der Waals surface area contributed by atoms with Gasteiger partial charge in [0.15, 0.2) is 0 Å². The van der Waals surface area contributed by atoms with Gasteiger partial charge in [-0.25, -0.2) is 0 Å². The van der Waals surface area contributed by atoms with Crippen molar-refractivity contribution >= 4 is 31.9 Å². The summed E-state index contributed by atoms with van der Waals surface area (Å²) in [5, 5.41) is 0. The van der Waals surface area contributed by atoms with Crippen molar-refractivity contribution in [1.29, 1.82) is 0 Å². The van der Waals surface area contributed by atoms with Gasteiger partial charge in [0.1, 0.15) is 9.90 Å². The zero-order chi connectivity index (χ0) is 12.3. The lowest BCUT2D eigenvalue weighted by molar-refractivity contribution is -0.881. The molecule has 2 atom stereocenters. The number of hydrogen-bond acceptors (Lipinski definition) is 0. The third-order valence-corrected chi connectivity index (χ3v) is 5.94. The molecule has 0 heterocycles. The lowest BCUT2D eigenvalue weighted by atomic mass is 10.2. The summed E-state index contributed by atoms with van der Waals surface area (Å²) in [6, 6.07) is 0. The Hall–Kier alpha value is 0.880. The van der Waals surface area contributed by atoms with Gasteiger partial charge in [0, 0.05) is 12.8 Å². The highest BCUT2D eigenvalue weighted by atomic mass is 79.9. The van der Waals surface area contributed by atoms with Gasteiger partial charge in [-0.15, -0.1) is 0 Å². The molecule has 0 aliphatic heterocycles. The molecular formula is C11H26Br2N2+2. The Morgan fingerprint density at radius 2 is 1.00 bits per heavy atom. The summed E-state index contributed by atoms with van der Waals surface area (Å²) >= 11 is 7.50. The normalized spacial score (nSPS) is 17.6. The van der Waals surface area contributed by atoms with Crippen LogP contribution in [0.15, 0.2) is 0 Å². The van der Waals surface area contributed by atoms with E-state index in [1.54, 1.807) is 0 Å². The molecule has 0 rings (SSSR count). The van der Waals surface area contributed by atoms with E-state index in [9.17, 15) is 0 Å². The highest BCUT2D eigenvalue weighted by Crippen LogP contribution is 2.22. The van der Waals surface area contributed by atoms with Crippen LogP contribution in [0.1, 0.15) is 19.3 Å². The van der Waals surface area contributed by atoms with E-state index >= 15 is 0 Å². The standard InChI is InChI=1S/C11H26Br2N2/c1-14(2,3)10(12)8-7-9-11(13)15(4,5)6/h10-11H,7-9H2,1-6H3/q+2. The van der Waals surface area contributed by atoms with Gasteiger partial charge in [0.25, 0.3) is 0 Å². The second-order valence-corrected chi connectivity index (χ2v) is 8.15. The minimum atomic E-state index is 0.560. The van der Waals surface area contributed by atoms with Crippen molar-refractivity contribution < 1.29 is 8.97 Å². The molecule has 4 heteroatoms. The highest BCUT2D eigenvalue weighted by Gasteiger charge is 2.23. The predicted molar refractivity (Wildman–Crippen MR) is 75.3 cm³/mol. The summed E-state index contributed by atoms with van der Waals surface area (Å²) in [5.41, 5.74) is 0. The number of alkyl halides is 2. The smallest absolute Gasteiger partial charge is 0.143 e. The first-order valence-corrected chi connectivity index (χ1v) is 7.28. The van der Waals surface area contributed by atoms with E-state index in [-0.39, 0.29) is 0 Å². The second kappa shape index (κ2) is 5.99. The van der Waals surface area contributed by atoms with Crippen LogP contribution in [0.4, 0.5) is 0 Å². The van der Waals surface area contributed by atoms with Crippen LogP contribution in [-0.2, 0) is 0 Å². The fraction of sp³-hybridized carbons (Fsp3) is 1.00. The van der Waals surface area contributed by atoms with E-state index in [1.165, 1.54) is 19.3 Å². The molecule has 0 aliphatic carbocycles. The number of halogens is 2. The second-order valence-electron chi connectivity index (χ2n) is 6.03. The van der Waals surface area contributed by atoms with Crippen molar-refractivity contribution in [2.45, 2.75) is 29.2 Å². The molecule has 0 aliphatic rings. The van der Waals surface area contributed by atoms with Crippen molar-refractivity contribution in [3.8, 4) is 0 Å². The fourth-order valence-electron chi connectivity index (χ4n) is 1.23. The lowest BCUT2D eigenvalue weighted by Crippen LogP contribution is -2.42. The molecular weight excluding hydrogens is 320 g/mol. The molecule has 2 nitrogen and oxygen atoms in total. The van der Waals surface area contributed by atoms with E-state index < -0.39 is 0 Å². The fourth-order valence-corrected chi connectivity index (χ4v) is 1.88. The number of quaternary nitrogens is 2. The van der Waals surface area contributed by atoms with E-state index in [1.807, 2.05) is 0 Å². The highest BCUT2D eigenvalue weighted by molar-refractivity contribution is 9.09. The average molecular weight is 346 g/mol. The van der Waals surface area contributed by atoms with Gasteiger partial charge in [0.05, 0.1) is 42.3 Å². The molecule has 0 N–H and O–H groups in total. The summed E-state index contributed by atoms with van der Waals surface area (Å²) in [6.07, 6.45) is 3.72. The average Bonchev–Trinajstić information content (AvgIpc) is 2.00. The molecule has 92 valence electrons. The van der Waals surface area contributed by atoms with Gasteiger partial charge in [-0.3, -0.25) is 0 Å². The van der Waals surface area contributed by atoms with Gasteiger partial charge < -0.3 is 8.97 Å². The van der Waals surface area contributed by atoms with Crippen LogP contribution < -0.4 is 0 Å². The van der Waals surface area contributed by atoms with Gasteiger partial charge in [-0.2, -0.15) is 0 Å². The zero-order valence-electron chi connectivity index (χ0n) is 10.9. The topological polar surface area (TPSA) is 0 Å². The van der Waals surface area contributed by atoms with Crippen molar-refractivity contribution in [2.75, 3.05) is 42.3 Å². The van der Waals surface area contributed by atoms with Gasteiger partial charge in [0.2, 0.25) is 0 Å². The van der Waals surface area contributed by atoms with Crippen LogP contribution in [0.25, 0.3) is 0 Å². The first-order valence-electron chi connectivity index (χ1n) is 5.45. The maximum atomic E-state index is 3.75. The Kier molecular flexibility index (Phi) is 6.34. The molecule has 0 bridgehead atoms. The van der Waals surface area contributed by atoms with Crippen molar-refractivity contribution in [1.82, 2.24) is 0 Å². The summed E-state index contributed by atoms with van der Waals surface area (Å²) in [5.74, 6) is 0. The lowest BCUT2D eigenvalue weighted by Gasteiger charge is -2.32. The molecule has 0 saturated heterocycles. The van der Waals surface area contributed by atoms with Crippen LogP contribution in [0.5, 0.6) is 0 Å². The number of hydrogen-bond donors (Lipinski definition) is 0. The van der Waals surface area contributed by atoms with Gasteiger partial charge >= 0.3 is 0 Å². The molecule has 0 aromatic carbocycles. The Labute approximate surface area is 112 Å². The monoisotopic (exact) mass is 344 g/mol. The minimum absolute atomic E-state index is 0.560. The first kappa shape index (κ1) is 15.9. The Morgan fingerprint density at radius 1 is 0.733 bits per heavy atom. The molecule has 0 aromatic rings. The van der Waals surface area contributed by atoms with Crippen molar-refractivity contribution in [2.24, 2.45) is 0 Å². The van der Waals surface area contributed by atoms with Crippen LogP contribution in [-0.4, -0.2) is 61.2 Å². The van der Waals surface area contributed by atoms with Crippen molar-refractivity contribution in [3.05, 3.63) is 0 Å². The predicted octanol–water partition coefficient (Wildman–Crippen LogP) is 3.01. The SMILES string of the molecule is C[N+](C)(C)C(Br)CCCC(Br)[N+](C)(C)C. The molecule has 0 radical (unpaired) electrons. The molecule has 0 saturated carbocycles. The number of nitrogens with zero attached hydrogens (tertiary/aromatic N) is 2. The molecule has 15 heavy (non-hydrogen) atoms. The largest absolute Gasteiger partial charge is 0.320 e. The first-order chi connectivity index (χ1) is 6.55. The Bertz CT molecular complexity index is 162. The van der Waals surface area contributed by atoms with Crippen LogP contribution in [0.3, 0.4) is 0 Å². The quantitative estimate of drug-likeness (QED) is 0.394. The van der Waals surface area contributed by atoms with Gasteiger partial charge in [-0.1, -0.05) is 0 Å².